The Hall–Kier alpha value is -4.07. The highest BCUT2D eigenvalue weighted by Gasteiger charge is 2.64. The van der Waals surface area contributed by atoms with E-state index < -0.39 is 47.2 Å². The monoisotopic (exact) mass is 572 g/mol. The first kappa shape index (κ1) is 28.9. The highest BCUT2D eigenvalue weighted by atomic mass is 19.4. The molecule has 1 heterocycles. The number of halogens is 6. The molecular formula is C26H22F6N2O6. The topological polar surface area (TPSA) is 107 Å². The van der Waals surface area contributed by atoms with Crippen molar-refractivity contribution >= 4 is 22.8 Å². The van der Waals surface area contributed by atoms with E-state index in [2.05, 4.69) is 9.72 Å². The smallest absolute Gasteiger partial charge is 0.488 e. The third kappa shape index (κ3) is 6.38. The van der Waals surface area contributed by atoms with Crippen molar-refractivity contribution in [2.75, 3.05) is 6.61 Å². The Morgan fingerprint density at radius 3 is 2.33 bits per heavy atom. The molecule has 4 rings (SSSR count). The minimum atomic E-state index is -5.01. The Kier molecular flexibility index (Phi) is 7.83. The first-order chi connectivity index (χ1) is 18.8. The summed E-state index contributed by atoms with van der Waals surface area (Å²) in [6.45, 7) is 1.48. The zero-order valence-electron chi connectivity index (χ0n) is 20.7. The molecule has 2 aromatic carbocycles. The van der Waals surface area contributed by atoms with E-state index in [1.54, 1.807) is 36.7 Å². The quantitative estimate of drug-likeness (QED) is 0.154. The molecule has 8 nitrogen and oxygen atoms in total. The third-order valence-electron chi connectivity index (χ3n) is 6.39. The maximum Gasteiger partial charge on any atom is 0.573 e. The number of alkyl halides is 6. The van der Waals surface area contributed by atoms with Crippen LogP contribution < -0.4 is 15.0 Å². The van der Waals surface area contributed by atoms with Gasteiger partial charge < -0.3 is 14.2 Å². The fourth-order valence-electron chi connectivity index (χ4n) is 4.41. The lowest BCUT2D eigenvalue weighted by molar-refractivity contribution is -0.274. The summed E-state index contributed by atoms with van der Waals surface area (Å²) in [5, 5.41) is 8.83. The molecule has 1 fully saturated rings. The van der Waals surface area contributed by atoms with Gasteiger partial charge in [-0.25, -0.2) is 10.5 Å². The van der Waals surface area contributed by atoms with Crippen molar-refractivity contribution in [3.63, 3.8) is 0 Å². The molecule has 0 unspecified atom stereocenters. The van der Waals surface area contributed by atoms with Gasteiger partial charge in [0.2, 0.25) is 5.91 Å². The summed E-state index contributed by atoms with van der Waals surface area (Å²) in [7, 11) is 0. The Balaban J connectivity index is 1.55. The fourth-order valence-corrected chi connectivity index (χ4v) is 4.41. The number of hydrogen-bond donors (Lipinski definition) is 2. The number of rotatable bonds is 9. The standard InChI is InChI=1S/C26H22F6N2O6/c1-2-38-23(36)24(12-18(24)22(35)34-37)11-14-3-5-15(6-4-14)13-39-20-10-21(25(27,28)29)33-19-8-7-16(9-17(19)20)40-26(30,31)32/h3-10,18,37H,2,11-13H2,1H3,(H,34,35)/t18-,24+/m1/s1. The van der Waals surface area contributed by atoms with Gasteiger partial charge in [-0.2, -0.15) is 13.2 Å². The van der Waals surface area contributed by atoms with Gasteiger partial charge in [0.15, 0.2) is 0 Å². The molecule has 0 saturated heterocycles. The number of pyridine rings is 1. The van der Waals surface area contributed by atoms with Crippen LogP contribution in [0.4, 0.5) is 26.3 Å². The van der Waals surface area contributed by atoms with Gasteiger partial charge in [-0.05, 0) is 49.1 Å². The molecule has 214 valence electrons. The number of aromatic nitrogens is 1. The molecule has 1 aromatic heterocycles. The van der Waals surface area contributed by atoms with Crippen LogP contribution >= 0.6 is 0 Å². The second-order valence-electron chi connectivity index (χ2n) is 9.12. The minimum Gasteiger partial charge on any atom is -0.488 e. The van der Waals surface area contributed by atoms with E-state index in [0.717, 1.165) is 18.2 Å². The second kappa shape index (κ2) is 10.8. The number of amides is 1. The van der Waals surface area contributed by atoms with Crippen LogP contribution in [0.25, 0.3) is 10.9 Å². The molecule has 2 atom stereocenters. The fraction of sp³-hybridized carbons (Fsp3) is 0.346. The highest BCUT2D eigenvalue weighted by molar-refractivity contribution is 5.93. The van der Waals surface area contributed by atoms with E-state index in [9.17, 15) is 35.9 Å². The summed E-state index contributed by atoms with van der Waals surface area (Å²) in [6, 6.07) is 9.74. The second-order valence-corrected chi connectivity index (χ2v) is 9.12. The molecule has 1 aliphatic rings. The van der Waals surface area contributed by atoms with Gasteiger partial charge in [-0.15, -0.1) is 13.2 Å². The molecule has 1 saturated carbocycles. The number of nitrogens with zero attached hydrogens (tertiary/aromatic N) is 1. The average molecular weight is 572 g/mol. The number of fused-ring (bicyclic) bond motifs is 1. The minimum absolute atomic E-state index is 0.105. The molecule has 0 bridgehead atoms. The molecular weight excluding hydrogens is 550 g/mol. The molecule has 0 radical (unpaired) electrons. The molecule has 3 aromatic rings. The van der Waals surface area contributed by atoms with Crippen LogP contribution in [-0.4, -0.2) is 35.0 Å². The van der Waals surface area contributed by atoms with E-state index in [1.165, 1.54) is 0 Å². The molecule has 0 aliphatic heterocycles. The zero-order chi connectivity index (χ0) is 29.3. The van der Waals surface area contributed by atoms with E-state index in [-0.39, 0.29) is 42.7 Å². The van der Waals surface area contributed by atoms with Gasteiger partial charge >= 0.3 is 18.5 Å². The number of carbonyl (C=O) groups is 2. The summed E-state index contributed by atoms with van der Waals surface area (Å²) in [5.41, 5.74) is 0.0161. The van der Waals surface area contributed by atoms with Gasteiger partial charge in [0.1, 0.15) is 23.8 Å². The summed E-state index contributed by atoms with van der Waals surface area (Å²) in [6.07, 6.45) is -9.53. The van der Waals surface area contributed by atoms with Crippen molar-refractivity contribution in [2.45, 2.75) is 38.9 Å². The van der Waals surface area contributed by atoms with Crippen molar-refractivity contribution in [3.05, 3.63) is 65.4 Å². The van der Waals surface area contributed by atoms with Crippen molar-refractivity contribution in [1.82, 2.24) is 10.5 Å². The largest absolute Gasteiger partial charge is 0.573 e. The summed E-state index contributed by atoms with van der Waals surface area (Å²) < 4.78 is 92.7. The molecule has 1 aliphatic carbocycles. The van der Waals surface area contributed by atoms with E-state index in [4.69, 9.17) is 14.7 Å². The maximum atomic E-state index is 13.4. The van der Waals surface area contributed by atoms with Crippen LogP contribution in [0.15, 0.2) is 48.5 Å². The predicted molar refractivity (Wildman–Crippen MR) is 125 cm³/mol. The number of carbonyl (C=O) groups excluding carboxylic acids is 2. The number of hydroxylamine groups is 1. The number of nitrogens with one attached hydrogen (secondary N) is 1. The van der Waals surface area contributed by atoms with Gasteiger partial charge in [-0.3, -0.25) is 14.8 Å². The number of ether oxygens (including phenoxy) is 3. The number of esters is 1. The molecule has 40 heavy (non-hydrogen) atoms. The SMILES string of the molecule is CCOC(=O)[C@@]1(Cc2ccc(COc3cc(C(F)(F)F)nc4ccc(OC(F)(F)F)cc34)cc2)C[C@@H]1C(=O)NO. The van der Waals surface area contributed by atoms with Gasteiger partial charge in [-0.1, -0.05) is 24.3 Å². The molecule has 1 amide bonds. The summed E-state index contributed by atoms with van der Waals surface area (Å²) >= 11 is 0. The number of hydrogen-bond acceptors (Lipinski definition) is 7. The van der Waals surface area contributed by atoms with Crippen LogP contribution in [0.5, 0.6) is 11.5 Å². The summed E-state index contributed by atoms with van der Waals surface area (Å²) in [4.78, 5) is 27.9. The maximum absolute atomic E-state index is 13.4. The lowest BCUT2D eigenvalue weighted by Gasteiger charge is -2.16. The van der Waals surface area contributed by atoms with Crippen molar-refractivity contribution in [2.24, 2.45) is 11.3 Å². The Morgan fingerprint density at radius 1 is 1.05 bits per heavy atom. The van der Waals surface area contributed by atoms with Crippen LogP contribution in [0.1, 0.15) is 30.2 Å². The average Bonchev–Trinajstić information content (AvgIpc) is 3.61. The van der Waals surface area contributed by atoms with E-state index in [1.807, 2.05) is 0 Å². The van der Waals surface area contributed by atoms with Crippen molar-refractivity contribution < 1.29 is 55.3 Å². The van der Waals surface area contributed by atoms with Gasteiger partial charge in [0, 0.05) is 11.5 Å². The zero-order valence-corrected chi connectivity index (χ0v) is 20.7. The molecule has 0 spiro atoms. The first-order valence-electron chi connectivity index (χ1n) is 11.9. The predicted octanol–water partition coefficient (Wildman–Crippen LogP) is 5.35. The van der Waals surface area contributed by atoms with Gasteiger partial charge in [0.25, 0.3) is 0 Å². The van der Waals surface area contributed by atoms with Crippen LogP contribution in [0.3, 0.4) is 0 Å². The molecule has 2 N–H and O–H groups in total. The van der Waals surface area contributed by atoms with Crippen LogP contribution in [0.2, 0.25) is 0 Å². The first-order valence-corrected chi connectivity index (χ1v) is 11.9. The van der Waals surface area contributed by atoms with Crippen LogP contribution in [0, 0.1) is 11.3 Å². The summed E-state index contributed by atoms with van der Waals surface area (Å²) in [5.74, 6) is -3.06. The lowest BCUT2D eigenvalue weighted by Crippen LogP contribution is -2.30. The highest BCUT2D eigenvalue weighted by Crippen LogP contribution is 2.56. The van der Waals surface area contributed by atoms with Crippen molar-refractivity contribution in [1.29, 1.82) is 0 Å². The van der Waals surface area contributed by atoms with E-state index >= 15 is 0 Å². The van der Waals surface area contributed by atoms with E-state index in [0.29, 0.717) is 17.2 Å². The van der Waals surface area contributed by atoms with Crippen LogP contribution in [-0.2, 0) is 33.5 Å². The number of benzene rings is 2. The molecule has 14 heteroatoms. The van der Waals surface area contributed by atoms with Crippen molar-refractivity contribution in [3.8, 4) is 11.5 Å². The van der Waals surface area contributed by atoms with Gasteiger partial charge in [0.05, 0.1) is 23.5 Å². The lowest BCUT2D eigenvalue weighted by atomic mass is 9.93. The Labute approximate surface area is 222 Å². The normalized spacial score (nSPS) is 18.8. The third-order valence-corrected chi connectivity index (χ3v) is 6.39. The Morgan fingerprint density at radius 2 is 1.73 bits per heavy atom. The Bertz CT molecular complexity index is 1410.